The number of carbonyl (C=O) groups is 3. The van der Waals surface area contributed by atoms with Crippen molar-refractivity contribution in [2.45, 2.75) is 44.1 Å². The Labute approximate surface area is 111 Å². The van der Waals surface area contributed by atoms with Crippen LogP contribution in [-0.2, 0) is 14.3 Å². The normalized spacial score (nSPS) is 17.3. The van der Waals surface area contributed by atoms with Gasteiger partial charge in [0.25, 0.3) is 0 Å². The highest BCUT2D eigenvalue weighted by Gasteiger charge is 2.35. The second-order valence-corrected chi connectivity index (χ2v) is 4.80. The Hall–Kier alpha value is -1.79. The monoisotopic (exact) mass is 272 g/mol. The lowest BCUT2D eigenvalue weighted by Crippen LogP contribution is -2.54. The van der Waals surface area contributed by atoms with Gasteiger partial charge in [0.2, 0.25) is 0 Å². The van der Waals surface area contributed by atoms with E-state index < -0.39 is 23.5 Å². The van der Waals surface area contributed by atoms with Crippen molar-refractivity contribution in [2.75, 3.05) is 13.7 Å². The first kappa shape index (κ1) is 15.3. The Balaban J connectivity index is 2.54. The van der Waals surface area contributed by atoms with E-state index in [1.54, 1.807) is 0 Å². The average molecular weight is 272 g/mol. The number of hydrogen-bond donors (Lipinski definition) is 3. The van der Waals surface area contributed by atoms with Crippen LogP contribution in [0.2, 0.25) is 0 Å². The lowest BCUT2D eigenvalue weighted by Gasteiger charge is -2.36. The topological polar surface area (TPSA) is 105 Å². The number of ether oxygens (including phenoxy) is 1. The minimum absolute atomic E-state index is 0.0986. The van der Waals surface area contributed by atoms with Crippen molar-refractivity contribution in [1.82, 2.24) is 10.6 Å². The average Bonchev–Trinajstić information content (AvgIpc) is 2.35. The minimum Gasteiger partial charge on any atom is -0.481 e. The van der Waals surface area contributed by atoms with Crippen molar-refractivity contribution in [2.24, 2.45) is 0 Å². The van der Waals surface area contributed by atoms with Gasteiger partial charge in [0.15, 0.2) is 0 Å². The molecule has 1 fully saturated rings. The molecule has 7 nitrogen and oxygen atoms in total. The highest BCUT2D eigenvalue weighted by Crippen LogP contribution is 2.31. The van der Waals surface area contributed by atoms with E-state index in [1.165, 1.54) is 7.11 Å². The van der Waals surface area contributed by atoms with Crippen LogP contribution in [0.25, 0.3) is 0 Å². The quantitative estimate of drug-likeness (QED) is 0.637. The SMILES string of the molecule is COC(=O)CNC(=O)NC1(CC(=O)O)CCCCC1. The van der Waals surface area contributed by atoms with Crippen LogP contribution in [0.3, 0.4) is 0 Å². The zero-order valence-electron chi connectivity index (χ0n) is 11.0. The van der Waals surface area contributed by atoms with E-state index in [0.717, 1.165) is 19.3 Å². The lowest BCUT2D eigenvalue weighted by atomic mass is 9.79. The van der Waals surface area contributed by atoms with E-state index in [2.05, 4.69) is 15.4 Å². The van der Waals surface area contributed by atoms with Gasteiger partial charge in [0, 0.05) is 0 Å². The first-order valence-electron chi connectivity index (χ1n) is 6.32. The number of amides is 2. The summed E-state index contributed by atoms with van der Waals surface area (Å²) in [7, 11) is 1.23. The molecular weight excluding hydrogens is 252 g/mol. The third-order valence-electron chi connectivity index (χ3n) is 3.30. The van der Waals surface area contributed by atoms with E-state index in [4.69, 9.17) is 5.11 Å². The third kappa shape index (κ3) is 5.15. The van der Waals surface area contributed by atoms with Gasteiger partial charge in [-0.1, -0.05) is 19.3 Å². The fourth-order valence-electron chi connectivity index (χ4n) is 2.37. The van der Waals surface area contributed by atoms with Crippen LogP contribution in [0.5, 0.6) is 0 Å². The first-order valence-corrected chi connectivity index (χ1v) is 6.32. The van der Waals surface area contributed by atoms with Gasteiger partial charge >= 0.3 is 18.0 Å². The molecular formula is C12H20N2O5. The summed E-state index contributed by atoms with van der Waals surface area (Å²) in [5, 5.41) is 14.0. The van der Waals surface area contributed by atoms with Crippen LogP contribution in [0.15, 0.2) is 0 Å². The summed E-state index contributed by atoms with van der Waals surface area (Å²) in [5.41, 5.74) is -0.704. The number of urea groups is 1. The molecule has 0 bridgehead atoms. The van der Waals surface area contributed by atoms with Gasteiger partial charge in [-0.3, -0.25) is 9.59 Å². The minimum atomic E-state index is -0.935. The molecule has 7 heteroatoms. The standard InChI is InChI=1S/C12H20N2O5/c1-19-10(17)8-13-11(18)14-12(7-9(15)16)5-3-2-4-6-12/h2-8H2,1H3,(H,15,16)(H2,13,14,18). The number of rotatable bonds is 5. The molecule has 3 N–H and O–H groups in total. The molecule has 0 aliphatic heterocycles. The molecule has 19 heavy (non-hydrogen) atoms. The fraction of sp³-hybridized carbons (Fsp3) is 0.750. The Morgan fingerprint density at radius 1 is 1.21 bits per heavy atom. The van der Waals surface area contributed by atoms with Gasteiger partial charge < -0.3 is 20.5 Å². The molecule has 1 rings (SSSR count). The van der Waals surface area contributed by atoms with Crippen LogP contribution in [-0.4, -0.2) is 42.3 Å². The number of esters is 1. The number of carbonyl (C=O) groups excluding carboxylic acids is 2. The van der Waals surface area contributed by atoms with Gasteiger partial charge in [0.05, 0.1) is 19.1 Å². The van der Waals surface area contributed by atoms with Crippen LogP contribution in [0.1, 0.15) is 38.5 Å². The van der Waals surface area contributed by atoms with Crippen LogP contribution >= 0.6 is 0 Å². The molecule has 0 spiro atoms. The van der Waals surface area contributed by atoms with E-state index in [0.29, 0.717) is 12.8 Å². The molecule has 0 aromatic carbocycles. The molecule has 0 saturated heterocycles. The predicted molar refractivity (Wildman–Crippen MR) is 66.6 cm³/mol. The van der Waals surface area contributed by atoms with Gasteiger partial charge in [-0.05, 0) is 12.8 Å². The van der Waals surface area contributed by atoms with Crippen molar-refractivity contribution >= 4 is 18.0 Å². The van der Waals surface area contributed by atoms with E-state index in [-0.39, 0.29) is 13.0 Å². The molecule has 0 aromatic heterocycles. The number of aliphatic carboxylic acids is 1. The predicted octanol–water partition coefficient (Wildman–Crippen LogP) is 0.636. The fourth-order valence-corrected chi connectivity index (χ4v) is 2.37. The second kappa shape index (κ2) is 6.96. The summed E-state index contributed by atoms with van der Waals surface area (Å²) in [6.45, 7) is -0.231. The molecule has 0 heterocycles. The summed E-state index contributed by atoms with van der Waals surface area (Å²) >= 11 is 0. The Kier molecular flexibility index (Phi) is 5.59. The number of nitrogens with one attached hydrogen (secondary N) is 2. The summed E-state index contributed by atoms with van der Waals surface area (Å²) in [4.78, 5) is 33.5. The molecule has 0 radical (unpaired) electrons. The van der Waals surface area contributed by atoms with Crippen LogP contribution in [0.4, 0.5) is 4.79 Å². The number of carboxylic acids is 1. The maximum Gasteiger partial charge on any atom is 0.325 e. The first-order chi connectivity index (χ1) is 8.97. The van der Waals surface area contributed by atoms with Gasteiger partial charge in [-0.15, -0.1) is 0 Å². The van der Waals surface area contributed by atoms with Crippen molar-refractivity contribution in [3.05, 3.63) is 0 Å². The molecule has 0 unspecified atom stereocenters. The van der Waals surface area contributed by atoms with Crippen LogP contribution in [0, 0.1) is 0 Å². The Bertz CT molecular complexity index is 350. The molecule has 1 aliphatic carbocycles. The van der Waals surface area contributed by atoms with E-state index in [1.807, 2.05) is 0 Å². The highest BCUT2D eigenvalue weighted by atomic mass is 16.5. The molecule has 2 amide bonds. The summed E-state index contributed by atoms with van der Waals surface area (Å²) in [6, 6.07) is -0.534. The molecule has 1 saturated carbocycles. The highest BCUT2D eigenvalue weighted by molar-refractivity contribution is 5.81. The maximum atomic E-state index is 11.7. The van der Waals surface area contributed by atoms with E-state index in [9.17, 15) is 14.4 Å². The van der Waals surface area contributed by atoms with Crippen molar-refractivity contribution < 1.29 is 24.2 Å². The largest absolute Gasteiger partial charge is 0.481 e. The summed E-state index contributed by atoms with van der Waals surface area (Å²) < 4.78 is 4.40. The maximum absolute atomic E-state index is 11.7. The summed E-state index contributed by atoms with van der Waals surface area (Å²) in [6.07, 6.45) is 4.02. The second-order valence-electron chi connectivity index (χ2n) is 4.80. The van der Waals surface area contributed by atoms with Gasteiger partial charge in [-0.25, -0.2) is 4.79 Å². The number of hydrogen-bond acceptors (Lipinski definition) is 4. The zero-order chi connectivity index (χ0) is 14.3. The molecule has 0 atom stereocenters. The number of methoxy groups -OCH3 is 1. The van der Waals surface area contributed by atoms with E-state index >= 15 is 0 Å². The van der Waals surface area contributed by atoms with Crippen molar-refractivity contribution in [3.8, 4) is 0 Å². The van der Waals surface area contributed by atoms with Crippen LogP contribution < -0.4 is 10.6 Å². The summed E-state index contributed by atoms with van der Waals surface area (Å²) in [5.74, 6) is -1.48. The Morgan fingerprint density at radius 2 is 1.84 bits per heavy atom. The van der Waals surface area contributed by atoms with Crippen molar-refractivity contribution in [1.29, 1.82) is 0 Å². The smallest absolute Gasteiger partial charge is 0.325 e. The lowest BCUT2D eigenvalue weighted by molar-refractivity contribution is -0.140. The third-order valence-corrected chi connectivity index (χ3v) is 3.30. The molecule has 0 aromatic rings. The zero-order valence-corrected chi connectivity index (χ0v) is 11.0. The molecule has 1 aliphatic rings. The van der Waals surface area contributed by atoms with Crippen molar-refractivity contribution in [3.63, 3.8) is 0 Å². The number of carboxylic acid groups (broad SMARTS) is 1. The Morgan fingerprint density at radius 3 is 2.37 bits per heavy atom. The molecule has 108 valence electrons. The van der Waals surface area contributed by atoms with Gasteiger partial charge in [0.1, 0.15) is 6.54 Å². The van der Waals surface area contributed by atoms with Gasteiger partial charge in [-0.2, -0.15) is 0 Å².